The van der Waals surface area contributed by atoms with Crippen LogP contribution >= 0.6 is 0 Å². The van der Waals surface area contributed by atoms with Gasteiger partial charge in [0.05, 0.1) is 12.6 Å². The topological polar surface area (TPSA) is 64.3 Å². The Morgan fingerprint density at radius 1 is 1.39 bits per heavy atom. The molecular weight excluding hydrogens is 228 g/mol. The number of para-hydroxylation sites is 1. The molecule has 1 aromatic carbocycles. The van der Waals surface area contributed by atoms with Gasteiger partial charge in [0.2, 0.25) is 5.91 Å². The van der Waals surface area contributed by atoms with Crippen molar-refractivity contribution >= 4 is 5.91 Å². The number of benzene rings is 1. The molecule has 1 rings (SSSR count). The maximum atomic E-state index is 11.6. The largest absolute Gasteiger partial charge is 0.494 e. The molecule has 1 amide bonds. The molecule has 100 valence electrons. The van der Waals surface area contributed by atoms with Gasteiger partial charge in [-0.15, -0.1) is 0 Å². The molecule has 4 heteroatoms. The second-order valence-electron chi connectivity index (χ2n) is 4.04. The van der Waals surface area contributed by atoms with E-state index in [0.717, 1.165) is 17.7 Å². The Balaban J connectivity index is 2.83. The van der Waals surface area contributed by atoms with E-state index >= 15 is 0 Å². The van der Waals surface area contributed by atoms with E-state index in [9.17, 15) is 4.79 Å². The molecule has 3 N–H and O–H groups in total. The van der Waals surface area contributed by atoms with Gasteiger partial charge in [-0.25, -0.2) is 0 Å². The number of nitrogens with one attached hydrogen (secondary N) is 1. The molecule has 0 saturated carbocycles. The van der Waals surface area contributed by atoms with Gasteiger partial charge in [-0.05, 0) is 19.4 Å². The fourth-order valence-electron chi connectivity index (χ4n) is 1.85. The molecule has 0 aliphatic heterocycles. The van der Waals surface area contributed by atoms with Crippen LogP contribution in [0.5, 0.6) is 5.75 Å². The van der Waals surface area contributed by atoms with Gasteiger partial charge in [-0.2, -0.15) is 0 Å². The molecule has 1 atom stereocenters. The summed E-state index contributed by atoms with van der Waals surface area (Å²) in [5.74, 6) is 0.815. The zero-order valence-electron chi connectivity index (χ0n) is 11.1. The van der Waals surface area contributed by atoms with Crippen LogP contribution in [0, 0.1) is 0 Å². The maximum absolute atomic E-state index is 11.6. The highest BCUT2D eigenvalue weighted by atomic mass is 16.5. The van der Waals surface area contributed by atoms with Gasteiger partial charge in [0.25, 0.3) is 0 Å². The fraction of sp³-hybridized carbons (Fsp3) is 0.500. The van der Waals surface area contributed by atoms with E-state index in [4.69, 9.17) is 10.5 Å². The van der Waals surface area contributed by atoms with Crippen LogP contribution in [0.3, 0.4) is 0 Å². The highest BCUT2D eigenvalue weighted by Gasteiger charge is 2.16. The Bertz CT molecular complexity index is 380. The molecule has 0 saturated heterocycles. The van der Waals surface area contributed by atoms with Gasteiger partial charge < -0.3 is 15.8 Å². The number of ether oxygens (including phenoxy) is 1. The molecule has 0 heterocycles. The number of carbonyl (C=O) groups is 1. The number of amides is 1. The normalized spacial score (nSPS) is 11.9. The van der Waals surface area contributed by atoms with Crippen molar-refractivity contribution in [2.75, 3.05) is 13.2 Å². The molecule has 0 spiro atoms. The van der Waals surface area contributed by atoms with E-state index in [2.05, 4.69) is 5.32 Å². The Kier molecular flexibility index (Phi) is 6.22. The molecule has 0 aliphatic carbocycles. The minimum atomic E-state index is -0.0215. The summed E-state index contributed by atoms with van der Waals surface area (Å²) in [6, 6.07) is 7.78. The maximum Gasteiger partial charge on any atom is 0.221 e. The standard InChI is InChI=1S/C14H22N2O2/c1-3-12(16-14(17)9-10-15)11-7-5-6-8-13(11)18-4-2/h5-8,12H,3-4,9-10,15H2,1-2H3,(H,16,17). The Labute approximate surface area is 109 Å². The number of hydrogen-bond donors (Lipinski definition) is 2. The van der Waals surface area contributed by atoms with Crippen molar-refractivity contribution in [1.29, 1.82) is 0 Å². The first kappa shape index (κ1) is 14.5. The Morgan fingerprint density at radius 2 is 2.11 bits per heavy atom. The summed E-state index contributed by atoms with van der Waals surface area (Å²) in [5.41, 5.74) is 6.40. The molecule has 4 nitrogen and oxygen atoms in total. The molecule has 0 fully saturated rings. The molecule has 0 bridgehead atoms. The summed E-state index contributed by atoms with van der Waals surface area (Å²) in [6.07, 6.45) is 1.17. The molecule has 1 unspecified atom stereocenters. The molecule has 18 heavy (non-hydrogen) atoms. The number of nitrogens with two attached hydrogens (primary N) is 1. The lowest BCUT2D eigenvalue weighted by Gasteiger charge is -2.20. The molecule has 0 aromatic heterocycles. The smallest absolute Gasteiger partial charge is 0.221 e. The lowest BCUT2D eigenvalue weighted by Crippen LogP contribution is -2.29. The number of rotatable bonds is 7. The third-order valence-electron chi connectivity index (χ3n) is 2.71. The summed E-state index contributed by atoms with van der Waals surface area (Å²) >= 11 is 0. The van der Waals surface area contributed by atoms with E-state index in [-0.39, 0.29) is 11.9 Å². The van der Waals surface area contributed by atoms with Gasteiger partial charge in [0.15, 0.2) is 0 Å². The lowest BCUT2D eigenvalue weighted by molar-refractivity contribution is -0.121. The summed E-state index contributed by atoms with van der Waals surface area (Å²) in [5, 5.41) is 2.98. The van der Waals surface area contributed by atoms with Gasteiger partial charge >= 0.3 is 0 Å². The van der Waals surface area contributed by atoms with E-state index < -0.39 is 0 Å². The van der Waals surface area contributed by atoms with Crippen molar-refractivity contribution in [3.63, 3.8) is 0 Å². The minimum Gasteiger partial charge on any atom is -0.494 e. The number of carbonyl (C=O) groups excluding carboxylic acids is 1. The van der Waals surface area contributed by atoms with Crippen LogP contribution in [-0.4, -0.2) is 19.1 Å². The third kappa shape index (κ3) is 4.04. The SMILES string of the molecule is CCOc1ccccc1C(CC)NC(=O)CCN. The zero-order valence-corrected chi connectivity index (χ0v) is 11.1. The minimum absolute atomic E-state index is 0.0179. The summed E-state index contributed by atoms with van der Waals surface area (Å²) in [6.45, 7) is 4.97. The van der Waals surface area contributed by atoms with Crippen molar-refractivity contribution in [1.82, 2.24) is 5.32 Å². The van der Waals surface area contributed by atoms with Crippen molar-refractivity contribution in [3.8, 4) is 5.75 Å². The fourth-order valence-corrected chi connectivity index (χ4v) is 1.85. The second kappa shape index (κ2) is 7.71. The van der Waals surface area contributed by atoms with E-state index in [1.54, 1.807) is 0 Å². The van der Waals surface area contributed by atoms with Crippen LogP contribution in [0.4, 0.5) is 0 Å². The first-order chi connectivity index (χ1) is 8.72. The molecule has 1 aromatic rings. The quantitative estimate of drug-likeness (QED) is 0.778. The van der Waals surface area contributed by atoms with Crippen LogP contribution in [-0.2, 0) is 4.79 Å². The van der Waals surface area contributed by atoms with Gasteiger partial charge in [-0.3, -0.25) is 4.79 Å². The highest BCUT2D eigenvalue weighted by Crippen LogP contribution is 2.27. The van der Waals surface area contributed by atoms with Gasteiger partial charge in [0, 0.05) is 18.5 Å². The van der Waals surface area contributed by atoms with E-state index in [1.165, 1.54) is 0 Å². The zero-order chi connectivity index (χ0) is 13.4. The number of hydrogen-bond acceptors (Lipinski definition) is 3. The Morgan fingerprint density at radius 3 is 2.72 bits per heavy atom. The second-order valence-corrected chi connectivity index (χ2v) is 4.04. The molecular formula is C14H22N2O2. The molecule has 0 radical (unpaired) electrons. The first-order valence-corrected chi connectivity index (χ1v) is 6.44. The highest BCUT2D eigenvalue weighted by molar-refractivity contribution is 5.76. The van der Waals surface area contributed by atoms with Crippen molar-refractivity contribution in [3.05, 3.63) is 29.8 Å². The van der Waals surface area contributed by atoms with Crippen LogP contribution in [0.25, 0.3) is 0 Å². The van der Waals surface area contributed by atoms with Crippen molar-refractivity contribution in [2.45, 2.75) is 32.7 Å². The van der Waals surface area contributed by atoms with Crippen LogP contribution in [0.1, 0.15) is 38.3 Å². The Hall–Kier alpha value is -1.55. The summed E-state index contributed by atoms with van der Waals surface area (Å²) in [4.78, 5) is 11.6. The van der Waals surface area contributed by atoms with E-state index in [1.807, 2.05) is 38.1 Å². The van der Waals surface area contributed by atoms with Crippen LogP contribution in [0.2, 0.25) is 0 Å². The monoisotopic (exact) mass is 250 g/mol. The summed E-state index contributed by atoms with van der Waals surface area (Å²) in [7, 11) is 0. The van der Waals surface area contributed by atoms with Crippen LogP contribution in [0.15, 0.2) is 24.3 Å². The average molecular weight is 250 g/mol. The predicted octanol–water partition coefficient (Wildman–Crippen LogP) is 2.00. The van der Waals surface area contributed by atoms with Crippen LogP contribution < -0.4 is 15.8 Å². The summed E-state index contributed by atoms with van der Waals surface area (Å²) < 4.78 is 5.59. The van der Waals surface area contributed by atoms with Crippen molar-refractivity contribution in [2.24, 2.45) is 5.73 Å². The van der Waals surface area contributed by atoms with Gasteiger partial charge in [-0.1, -0.05) is 25.1 Å². The predicted molar refractivity (Wildman–Crippen MR) is 72.5 cm³/mol. The molecule has 0 aliphatic rings. The van der Waals surface area contributed by atoms with Gasteiger partial charge in [0.1, 0.15) is 5.75 Å². The first-order valence-electron chi connectivity index (χ1n) is 6.44. The lowest BCUT2D eigenvalue weighted by atomic mass is 10.0. The van der Waals surface area contributed by atoms with Crippen molar-refractivity contribution < 1.29 is 9.53 Å². The third-order valence-corrected chi connectivity index (χ3v) is 2.71. The van der Waals surface area contributed by atoms with E-state index in [0.29, 0.717) is 19.6 Å². The average Bonchev–Trinajstić information content (AvgIpc) is 2.37.